The summed E-state index contributed by atoms with van der Waals surface area (Å²) in [6.45, 7) is -1.53. The maximum absolute atomic E-state index is 11.9. The molecule has 0 aromatic carbocycles. The van der Waals surface area contributed by atoms with Crippen molar-refractivity contribution in [2.75, 3.05) is 19.5 Å². The first-order valence-corrected chi connectivity index (χ1v) is 4.38. The number of nitrogens with two attached hydrogens (primary N) is 1. The standard InChI is InChI=1S/C9H9F3N2O3/c1-16-8(15)6-3-2-5(13)7(14-6)17-4-9(10,11)12/h2-3H,4,13H2,1H3. The SMILES string of the molecule is COC(=O)c1ccc(N)c(OCC(F)(F)F)n1. The molecule has 1 heterocycles. The van der Waals surface area contributed by atoms with Crippen molar-refractivity contribution in [1.29, 1.82) is 0 Å². The van der Waals surface area contributed by atoms with Crippen molar-refractivity contribution in [2.45, 2.75) is 6.18 Å². The third kappa shape index (κ3) is 3.82. The van der Waals surface area contributed by atoms with Gasteiger partial charge < -0.3 is 15.2 Å². The summed E-state index contributed by atoms with van der Waals surface area (Å²) >= 11 is 0. The van der Waals surface area contributed by atoms with Crippen LogP contribution in [0.15, 0.2) is 12.1 Å². The Kier molecular flexibility index (Phi) is 3.77. The van der Waals surface area contributed by atoms with E-state index in [1.54, 1.807) is 0 Å². The van der Waals surface area contributed by atoms with Crippen molar-refractivity contribution < 1.29 is 27.4 Å². The lowest BCUT2D eigenvalue weighted by Gasteiger charge is -2.10. The van der Waals surface area contributed by atoms with E-state index in [0.29, 0.717) is 0 Å². The molecule has 0 atom stereocenters. The molecular formula is C9H9F3N2O3. The highest BCUT2D eigenvalue weighted by Gasteiger charge is 2.29. The number of alkyl halides is 3. The quantitative estimate of drug-likeness (QED) is 0.820. The number of hydrogen-bond donors (Lipinski definition) is 1. The first-order valence-electron chi connectivity index (χ1n) is 4.38. The van der Waals surface area contributed by atoms with Gasteiger partial charge in [-0.25, -0.2) is 9.78 Å². The van der Waals surface area contributed by atoms with Crippen LogP contribution in [0.3, 0.4) is 0 Å². The van der Waals surface area contributed by atoms with Gasteiger partial charge in [-0.15, -0.1) is 0 Å². The summed E-state index contributed by atoms with van der Waals surface area (Å²) < 4.78 is 44.5. The fourth-order valence-electron chi connectivity index (χ4n) is 0.935. The summed E-state index contributed by atoms with van der Waals surface area (Å²) in [5.74, 6) is -1.24. The third-order valence-electron chi connectivity index (χ3n) is 1.66. The number of ether oxygens (including phenoxy) is 2. The summed E-state index contributed by atoms with van der Waals surface area (Å²) in [7, 11) is 1.12. The topological polar surface area (TPSA) is 74.4 Å². The number of aromatic nitrogens is 1. The number of nitrogen functional groups attached to an aromatic ring is 1. The molecule has 0 saturated heterocycles. The second kappa shape index (κ2) is 4.89. The molecule has 0 spiro atoms. The normalized spacial score (nSPS) is 11.1. The molecule has 0 fully saturated rings. The Morgan fingerprint density at radius 3 is 2.65 bits per heavy atom. The monoisotopic (exact) mass is 250 g/mol. The fraction of sp³-hybridized carbons (Fsp3) is 0.333. The van der Waals surface area contributed by atoms with Crippen LogP contribution in [-0.4, -0.2) is 30.8 Å². The van der Waals surface area contributed by atoms with Crippen molar-refractivity contribution >= 4 is 11.7 Å². The van der Waals surface area contributed by atoms with Gasteiger partial charge in [0.2, 0.25) is 5.88 Å². The first-order chi connectivity index (χ1) is 7.83. The van der Waals surface area contributed by atoms with Crippen LogP contribution in [0, 0.1) is 0 Å². The van der Waals surface area contributed by atoms with E-state index in [2.05, 4.69) is 14.5 Å². The van der Waals surface area contributed by atoms with Gasteiger partial charge in [-0.05, 0) is 12.1 Å². The summed E-state index contributed by atoms with van der Waals surface area (Å²) in [6, 6.07) is 2.44. The summed E-state index contributed by atoms with van der Waals surface area (Å²) in [5.41, 5.74) is 5.08. The number of rotatable bonds is 3. The van der Waals surface area contributed by atoms with Gasteiger partial charge in [-0.1, -0.05) is 0 Å². The van der Waals surface area contributed by atoms with Gasteiger partial charge in [-0.3, -0.25) is 0 Å². The molecule has 17 heavy (non-hydrogen) atoms. The zero-order valence-electron chi connectivity index (χ0n) is 8.75. The van der Waals surface area contributed by atoms with Gasteiger partial charge in [-0.2, -0.15) is 13.2 Å². The highest BCUT2D eigenvalue weighted by atomic mass is 19.4. The second-order valence-electron chi connectivity index (χ2n) is 2.99. The molecule has 0 bridgehead atoms. The highest BCUT2D eigenvalue weighted by Crippen LogP contribution is 2.22. The molecule has 0 amide bonds. The Morgan fingerprint density at radius 2 is 2.12 bits per heavy atom. The van der Waals surface area contributed by atoms with Crippen LogP contribution >= 0.6 is 0 Å². The molecule has 0 aliphatic carbocycles. The number of hydrogen-bond acceptors (Lipinski definition) is 5. The first kappa shape index (κ1) is 13.1. The van der Waals surface area contributed by atoms with Gasteiger partial charge in [0.05, 0.1) is 12.8 Å². The van der Waals surface area contributed by atoms with Crippen molar-refractivity contribution in [3.63, 3.8) is 0 Å². The molecule has 0 radical (unpaired) electrons. The fourth-order valence-corrected chi connectivity index (χ4v) is 0.935. The van der Waals surface area contributed by atoms with E-state index in [4.69, 9.17) is 5.73 Å². The van der Waals surface area contributed by atoms with Crippen molar-refractivity contribution in [1.82, 2.24) is 4.98 Å². The number of carbonyl (C=O) groups is 1. The average molecular weight is 250 g/mol. The number of nitrogens with zero attached hydrogens (tertiary/aromatic N) is 1. The molecule has 8 heteroatoms. The van der Waals surface area contributed by atoms with E-state index in [1.807, 2.05) is 0 Å². The molecule has 0 saturated carbocycles. The minimum Gasteiger partial charge on any atom is -0.467 e. The van der Waals surface area contributed by atoms with E-state index in [-0.39, 0.29) is 11.4 Å². The molecule has 1 aromatic heterocycles. The highest BCUT2D eigenvalue weighted by molar-refractivity contribution is 5.87. The zero-order valence-corrected chi connectivity index (χ0v) is 8.75. The smallest absolute Gasteiger partial charge is 0.422 e. The number of carbonyl (C=O) groups excluding carboxylic acids is 1. The Morgan fingerprint density at radius 1 is 1.47 bits per heavy atom. The van der Waals surface area contributed by atoms with E-state index in [0.717, 1.165) is 7.11 Å². The number of anilines is 1. The van der Waals surface area contributed by atoms with E-state index < -0.39 is 24.6 Å². The van der Waals surface area contributed by atoms with Gasteiger partial charge >= 0.3 is 12.1 Å². The molecule has 1 rings (SSSR count). The van der Waals surface area contributed by atoms with E-state index in [1.165, 1.54) is 12.1 Å². The van der Waals surface area contributed by atoms with Crippen molar-refractivity contribution in [3.8, 4) is 5.88 Å². The number of esters is 1. The summed E-state index contributed by atoms with van der Waals surface area (Å²) in [4.78, 5) is 14.6. The lowest BCUT2D eigenvalue weighted by Crippen LogP contribution is -2.20. The molecular weight excluding hydrogens is 241 g/mol. The van der Waals surface area contributed by atoms with Crippen LogP contribution in [0.2, 0.25) is 0 Å². The molecule has 0 aliphatic rings. The van der Waals surface area contributed by atoms with Crippen LogP contribution < -0.4 is 10.5 Å². The van der Waals surface area contributed by atoms with Crippen molar-refractivity contribution in [2.24, 2.45) is 0 Å². The van der Waals surface area contributed by atoms with E-state index in [9.17, 15) is 18.0 Å². The Balaban J connectivity index is 2.87. The molecule has 0 unspecified atom stereocenters. The maximum atomic E-state index is 11.9. The van der Waals surface area contributed by atoms with E-state index >= 15 is 0 Å². The largest absolute Gasteiger partial charge is 0.467 e. The van der Waals surface area contributed by atoms with Gasteiger partial charge in [0.1, 0.15) is 0 Å². The van der Waals surface area contributed by atoms with Crippen LogP contribution in [0.1, 0.15) is 10.5 Å². The minimum absolute atomic E-state index is 0.0955. The van der Waals surface area contributed by atoms with Gasteiger partial charge in [0.25, 0.3) is 0 Å². The third-order valence-corrected chi connectivity index (χ3v) is 1.66. The predicted molar refractivity (Wildman–Crippen MR) is 51.5 cm³/mol. The van der Waals surface area contributed by atoms with Crippen LogP contribution in [0.5, 0.6) is 5.88 Å². The second-order valence-corrected chi connectivity index (χ2v) is 2.99. The molecule has 5 nitrogen and oxygen atoms in total. The number of methoxy groups -OCH3 is 1. The molecule has 94 valence electrons. The predicted octanol–water partition coefficient (Wildman–Crippen LogP) is 1.39. The lowest BCUT2D eigenvalue weighted by atomic mass is 10.3. The number of halogens is 3. The molecule has 0 aliphatic heterocycles. The minimum atomic E-state index is -4.50. The van der Waals surface area contributed by atoms with Crippen molar-refractivity contribution in [3.05, 3.63) is 17.8 Å². The maximum Gasteiger partial charge on any atom is 0.422 e. The average Bonchev–Trinajstić information content (AvgIpc) is 2.26. The Bertz CT molecular complexity index is 420. The Hall–Kier alpha value is -1.99. The zero-order chi connectivity index (χ0) is 13.1. The lowest BCUT2D eigenvalue weighted by molar-refractivity contribution is -0.153. The van der Waals surface area contributed by atoms with Crippen LogP contribution in [0.25, 0.3) is 0 Å². The Labute approximate surface area is 94.3 Å². The summed E-state index contributed by atoms with van der Waals surface area (Å²) in [5, 5.41) is 0. The molecule has 2 N–H and O–H groups in total. The van der Waals surface area contributed by atoms with Crippen LogP contribution in [0.4, 0.5) is 18.9 Å². The van der Waals surface area contributed by atoms with Gasteiger partial charge in [0, 0.05) is 0 Å². The summed E-state index contributed by atoms with van der Waals surface area (Å²) in [6.07, 6.45) is -4.50. The molecule has 1 aromatic rings. The van der Waals surface area contributed by atoms with Gasteiger partial charge in [0.15, 0.2) is 12.3 Å². The van der Waals surface area contributed by atoms with Crippen LogP contribution in [-0.2, 0) is 4.74 Å². The number of pyridine rings is 1.